The van der Waals surface area contributed by atoms with Crippen molar-refractivity contribution < 1.29 is 15.1 Å². The molecular weight excluding hydrogens is 196 g/mol. The van der Waals surface area contributed by atoms with Crippen LogP contribution in [0, 0.1) is 0 Å². The molecule has 0 radical (unpaired) electrons. The smallest absolute Gasteiger partial charge is 0.249 e. The van der Waals surface area contributed by atoms with Gasteiger partial charge in [0.25, 0.3) is 0 Å². The molecule has 88 valence electrons. The zero-order chi connectivity index (χ0) is 12.1. The number of hydrogen-bond acceptors (Lipinski definition) is 4. The molecule has 1 fully saturated rings. The molecule has 5 heteroatoms. The molecule has 0 spiro atoms. The Bertz CT molecular complexity index is 268. The summed E-state index contributed by atoms with van der Waals surface area (Å²) in [6.45, 7) is 7.06. The number of hydroxylamine groups is 2. The van der Waals surface area contributed by atoms with Gasteiger partial charge in [-0.15, -0.1) is 0 Å². The van der Waals surface area contributed by atoms with Gasteiger partial charge in [-0.2, -0.15) is 5.06 Å². The van der Waals surface area contributed by atoms with Crippen molar-refractivity contribution in [2.45, 2.75) is 57.2 Å². The Labute approximate surface area is 89.8 Å². The molecule has 1 saturated heterocycles. The normalized spacial score (nSPS) is 28.7. The number of piperidine rings is 1. The monoisotopic (exact) mass is 216 g/mol. The van der Waals surface area contributed by atoms with E-state index in [1.54, 1.807) is 27.7 Å². The van der Waals surface area contributed by atoms with Gasteiger partial charge in [-0.05, 0) is 27.7 Å². The Morgan fingerprint density at radius 3 is 1.80 bits per heavy atom. The first-order valence-electron chi connectivity index (χ1n) is 5.03. The van der Waals surface area contributed by atoms with E-state index >= 15 is 0 Å². The van der Waals surface area contributed by atoms with Gasteiger partial charge in [0.05, 0.1) is 0 Å². The van der Waals surface area contributed by atoms with Crippen LogP contribution in [0.5, 0.6) is 0 Å². The maximum Gasteiger partial charge on any atom is 0.249 e. The number of carbonyl (C=O) groups excluding carboxylic acids is 1. The molecule has 1 aliphatic rings. The maximum absolute atomic E-state index is 11.2. The van der Waals surface area contributed by atoms with Crippen molar-refractivity contribution >= 4 is 5.91 Å². The van der Waals surface area contributed by atoms with E-state index in [4.69, 9.17) is 5.73 Å². The molecule has 5 nitrogen and oxygen atoms in total. The van der Waals surface area contributed by atoms with Crippen molar-refractivity contribution in [1.29, 1.82) is 0 Å². The predicted octanol–water partition coefficient (Wildman–Crippen LogP) is 0.245. The first kappa shape index (κ1) is 12.4. The number of nitrogens with two attached hydrogens (primary N) is 1. The molecule has 1 heterocycles. The lowest BCUT2D eigenvalue weighted by Crippen LogP contribution is -2.67. The van der Waals surface area contributed by atoms with Crippen molar-refractivity contribution in [3.8, 4) is 0 Å². The van der Waals surface area contributed by atoms with Crippen LogP contribution >= 0.6 is 0 Å². The van der Waals surface area contributed by atoms with E-state index in [1.165, 1.54) is 5.06 Å². The first-order valence-corrected chi connectivity index (χ1v) is 5.03. The third-order valence-electron chi connectivity index (χ3n) is 3.06. The van der Waals surface area contributed by atoms with Gasteiger partial charge in [-0.1, -0.05) is 0 Å². The van der Waals surface area contributed by atoms with Crippen LogP contribution in [0.4, 0.5) is 0 Å². The second kappa shape index (κ2) is 3.17. The van der Waals surface area contributed by atoms with Crippen LogP contribution < -0.4 is 5.73 Å². The quantitative estimate of drug-likeness (QED) is 0.586. The average Bonchev–Trinajstić information content (AvgIpc) is 1.98. The third-order valence-corrected chi connectivity index (χ3v) is 3.06. The summed E-state index contributed by atoms with van der Waals surface area (Å²) in [5.74, 6) is -0.725. The molecule has 15 heavy (non-hydrogen) atoms. The van der Waals surface area contributed by atoms with Crippen molar-refractivity contribution in [3.63, 3.8) is 0 Å². The topological polar surface area (TPSA) is 86.8 Å². The van der Waals surface area contributed by atoms with Gasteiger partial charge in [-0.3, -0.25) is 4.79 Å². The Balaban J connectivity index is 3.09. The van der Waals surface area contributed by atoms with E-state index < -0.39 is 22.6 Å². The zero-order valence-electron chi connectivity index (χ0n) is 9.74. The standard InChI is InChI=1S/C10H20N2O3/c1-8(2)5-10(14,7(11)13)6-9(3,4)12(8)15/h14-15H,5-6H2,1-4H3,(H2,11,13). The largest absolute Gasteiger partial charge is 0.380 e. The number of carbonyl (C=O) groups is 1. The van der Waals surface area contributed by atoms with E-state index in [-0.39, 0.29) is 12.8 Å². The highest BCUT2D eigenvalue weighted by Gasteiger charge is 2.54. The summed E-state index contributed by atoms with van der Waals surface area (Å²) in [4.78, 5) is 11.2. The van der Waals surface area contributed by atoms with Crippen LogP contribution in [0.3, 0.4) is 0 Å². The molecule has 0 saturated carbocycles. The third kappa shape index (κ3) is 2.00. The number of rotatable bonds is 1. The maximum atomic E-state index is 11.2. The molecule has 0 aromatic rings. The number of nitrogens with zero attached hydrogens (tertiary/aromatic N) is 1. The van der Waals surface area contributed by atoms with Gasteiger partial charge in [0.15, 0.2) is 0 Å². The SMILES string of the molecule is CC1(C)CC(O)(C(N)=O)CC(C)(C)N1O. The van der Waals surface area contributed by atoms with Crippen LogP contribution in [0.25, 0.3) is 0 Å². The summed E-state index contributed by atoms with van der Waals surface area (Å²) in [6, 6.07) is 0. The highest BCUT2D eigenvalue weighted by atomic mass is 16.5. The van der Waals surface area contributed by atoms with Crippen LogP contribution in [0.15, 0.2) is 0 Å². The fraction of sp³-hybridized carbons (Fsp3) is 0.900. The Morgan fingerprint density at radius 2 is 1.53 bits per heavy atom. The second-order valence-electron chi connectivity index (χ2n) is 5.69. The Kier molecular flexibility index (Phi) is 2.62. The minimum atomic E-state index is -1.54. The van der Waals surface area contributed by atoms with Crippen LogP contribution in [0.1, 0.15) is 40.5 Å². The number of hydrogen-bond donors (Lipinski definition) is 3. The lowest BCUT2D eigenvalue weighted by Gasteiger charge is -2.53. The summed E-state index contributed by atoms with van der Waals surface area (Å²) in [5.41, 5.74) is 2.31. The lowest BCUT2D eigenvalue weighted by molar-refractivity contribution is -0.270. The number of amides is 1. The Hall–Kier alpha value is -0.650. The molecule has 0 aromatic carbocycles. The van der Waals surface area contributed by atoms with Gasteiger partial charge in [0.2, 0.25) is 5.91 Å². The molecule has 1 rings (SSSR count). The highest BCUT2D eigenvalue weighted by Crippen LogP contribution is 2.41. The van der Waals surface area contributed by atoms with Crippen molar-refractivity contribution in [3.05, 3.63) is 0 Å². The van der Waals surface area contributed by atoms with Crippen LogP contribution in [-0.4, -0.2) is 38.0 Å². The lowest BCUT2D eigenvalue weighted by atomic mass is 9.72. The molecule has 0 unspecified atom stereocenters. The fourth-order valence-electron chi connectivity index (χ4n) is 2.64. The van der Waals surface area contributed by atoms with E-state index in [1.807, 2.05) is 0 Å². The van der Waals surface area contributed by atoms with Gasteiger partial charge >= 0.3 is 0 Å². The minimum Gasteiger partial charge on any atom is -0.380 e. The fourth-order valence-corrected chi connectivity index (χ4v) is 2.64. The van der Waals surface area contributed by atoms with Crippen molar-refractivity contribution in [2.24, 2.45) is 5.73 Å². The van der Waals surface area contributed by atoms with Gasteiger partial charge in [0.1, 0.15) is 5.60 Å². The molecule has 1 aliphatic heterocycles. The summed E-state index contributed by atoms with van der Waals surface area (Å²) < 4.78 is 0. The van der Waals surface area contributed by atoms with Crippen molar-refractivity contribution in [2.75, 3.05) is 0 Å². The summed E-state index contributed by atoms with van der Waals surface area (Å²) in [5, 5.41) is 21.3. The van der Waals surface area contributed by atoms with Gasteiger partial charge < -0.3 is 16.0 Å². The van der Waals surface area contributed by atoms with E-state index in [0.29, 0.717) is 0 Å². The van der Waals surface area contributed by atoms with Crippen molar-refractivity contribution in [1.82, 2.24) is 5.06 Å². The number of primary amides is 1. The summed E-state index contributed by atoms with van der Waals surface area (Å²) in [7, 11) is 0. The highest BCUT2D eigenvalue weighted by molar-refractivity contribution is 5.83. The van der Waals surface area contributed by atoms with E-state index in [9.17, 15) is 15.1 Å². The minimum absolute atomic E-state index is 0.134. The zero-order valence-corrected chi connectivity index (χ0v) is 9.74. The first-order chi connectivity index (χ1) is 6.51. The molecule has 0 aliphatic carbocycles. The summed E-state index contributed by atoms with van der Waals surface area (Å²) >= 11 is 0. The van der Waals surface area contributed by atoms with E-state index in [2.05, 4.69) is 0 Å². The average molecular weight is 216 g/mol. The van der Waals surface area contributed by atoms with Crippen LogP contribution in [-0.2, 0) is 4.79 Å². The van der Waals surface area contributed by atoms with Gasteiger partial charge in [0, 0.05) is 23.9 Å². The number of aliphatic hydroxyl groups is 1. The molecule has 1 amide bonds. The molecule has 0 aromatic heterocycles. The second-order valence-corrected chi connectivity index (χ2v) is 5.69. The predicted molar refractivity (Wildman–Crippen MR) is 55.2 cm³/mol. The van der Waals surface area contributed by atoms with E-state index in [0.717, 1.165) is 0 Å². The molecule has 0 bridgehead atoms. The van der Waals surface area contributed by atoms with Crippen LogP contribution in [0.2, 0.25) is 0 Å². The molecule has 4 N–H and O–H groups in total. The molecular formula is C10H20N2O3. The van der Waals surface area contributed by atoms with Gasteiger partial charge in [-0.25, -0.2) is 0 Å². The summed E-state index contributed by atoms with van der Waals surface area (Å²) in [6.07, 6.45) is 0.268. The Morgan fingerprint density at radius 1 is 1.20 bits per heavy atom. The molecule has 0 atom stereocenters.